The number of nitrogens with one attached hydrogen (secondary N) is 1. The summed E-state index contributed by atoms with van der Waals surface area (Å²) in [6.07, 6.45) is 3.64. The standard InChI is InChI=1S/C13H22N2O3/c1-2-12(16)15-7-10(13(17)18)5-11(8-15)14-6-9-3-4-9/h9-11,14H,2-8H2,1H3,(H,17,18). The molecule has 0 spiro atoms. The van der Waals surface area contributed by atoms with Gasteiger partial charge in [-0.3, -0.25) is 9.59 Å². The molecule has 2 rings (SSSR count). The van der Waals surface area contributed by atoms with Crippen molar-refractivity contribution in [2.45, 2.75) is 38.6 Å². The van der Waals surface area contributed by atoms with Gasteiger partial charge in [0.05, 0.1) is 5.92 Å². The third-order valence-electron chi connectivity index (χ3n) is 3.85. The molecule has 1 saturated heterocycles. The lowest BCUT2D eigenvalue weighted by atomic mass is 9.94. The van der Waals surface area contributed by atoms with E-state index in [0.717, 1.165) is 12.5 Å². The van der Waals surface area contributed by atoms with Crippen LogP contribution >= 0.6 is 0 Å². The Balaban J connectivity index is 1.91. The van der Waals surface area contributed by atoms with E-state index in [1.54, 1.807) is 4.90 Å². The first-order valence-corrected chi connectivity index (χ1v) is 6.84. The number of carboxylic acids is 1. The van der Waals surface area contributed by atoms with E-state index >= 15 is 0 Å². The number of carboxylic acid groups (broad SMARTS) is 1. The number of amides is 1. The first-order chi connectivity index (χ1) is 8.60. The van der Waals surface area contributed by atoms with Crippen LogP contribution in [0.5, 0.6) is 0 Å². The van der Waals surface area contributed by atoms with Crippen LogP contribution in [0.1, 0.15) is 32.6 Å². The molecule has 2 N–H and O–H groups in total. The number of nitrogens with zero attached hydrogens (tertiary/aromatic N) is 1. The van der Waals surface area contributed by atoms with Gasteiger partial charge < -0.3 is 15.3 Å². The molecule has 2 aliphatic rings. The summed E-state index contributed by atoms with van der Waals surface area (Å²) in [6, 6.07) is 0.135. The Hall–Kier alpha value is -1.10. The molecule has 0 aromatic heterocycles. The Morgan fingerprint density at radius 3 is 2.61 bits per heavy atom. The van der Waals surface area contributed by atoms with Crippen LogP contribution < -0.4 is 5.32 Å². The van der Waals surface area contributed by atoms with Crippen LogP contribution in [0.3, 0.4) is 0 Å². The molecule has 1 aliphatic carbocycles. The number of aliphatic carboxylic acids is 1. The summed E-state index contributed by atoms with van der Waals surface area (Å²) in [5.41, 5.74) is 0. The maximum Gasteiger partial charge on any atom is 0.308 e. The number of carbonyl (C=O) groups is 2. The van der Waals surface area contributed by atoms with Gasteiger partial charge in [0, 0.05) is 25.6 Å². The van der Waals surface area contributed by atoms with Crippen molar-refractivity contribution in [1.82, 2.24) is 10.2 Å². The highest BCUT2D eigenvalue weighted by molar-refractivity contribution is 5.77. The molecule has 0 aromatic rings. The molecule has 1 aliphatic heterocycles. The van der Waals surface area contributed by atoms with Crippen molar-refractivity contribution < 1.29 is 14.7 Å². The van der Waals surface area contributed by atoms with Gasteiger partial charge in [0.2, 0.25) is 5.91 Å². The van der Waals surface area contributed by atoms with Crippen molar-refractivity contribution >= 4 is 11.9 Å². The Labute approximate surface area is 108 Å². The summed E-state index contributed by atoms with van der Waals surface area (Å²) >= 11 is 0. The first-order valence-electron chi connectivity index (χ1n) is 6.84. The van der Waals surface area contributed by atoms with Gasteiger partial charge in [0.25, 0.3) is 0 Å². The van der Waals surface area contributed by atoms with Gasteiger partial charge in [0.1, 0.15) is 0 Å². The Morgan fingerprint density at radius 2 is 2.06 bits per heavy atom. The molecular formula is C13H22N2O3. The van der Waals surface area contributed by atoms with Gasteiger partial charge in [-0.1, -0.05) is 6.92 Å². The van der Waals surface area contributed by atoms with E-state index < -0.39 is 11.9 Å². The van der Waals surface area contributed by atoms with E-state index in [9.17, 15) is 9.59 Å². The monoisotopic (exact) mass is 254 g/mol. The number of likely N-dealkylation sites (tertiary alicyclic amines) is 1. The summed E-state index contributed by atoms with van der Waals surface area (Å²) in [5, 5.41) is 12.6. The predicted molar refractivity (Wildman–Crippen MR) is 67.1 cm³/mol. The molecule has 2 atom stereocenters. The third-order valence-corrected chi connectivity index (χ3v) is 3.85. The van der Waals surface area contributed by atoms with Gasteiger partial charge in [-0.25, -0.2) is 0 Å². The summed E-state index contributed by atoms with van der Waals surface area (Å²) < 4.78 is 0. The molecule has 2 unspecified atom stereocenters. The molecule has 0 radical (unpaired) electrons. The Kier molecular flexibility index (Phi) is 4.22. The fraction of sp³-hybridized carbons (Fsp3) is 0.846. The lowest BCUT2D eigenvalue weighted by Gasteiger charge is -2.36. The van der Waals surface area contributed by atoms with Crippen molar-refractivity contribution in [3.8, 4) is 0 Å². The van der Waals surface area contributed by atoms with Crippen LogP contribution in [0.2, 0.25) is 0 Å². The molecule has 102 valence electrons. The molecule has 0 bridgehead atoms. The predicted octanol–water partition coefficient (Wildman–Crippen LogP) is 0.698. The fourth-order valence-electron chi connectivity index (χ4n) is 2.51. The van der Waals surface area contributed by atoms with Crippen LogP contribution in [-0.4, -0.2) is 47.6 Å². The third kappa shape index (κ3) is 3.45. The lowest BCUT2D eigenvalue weighted by Crippen LogP contribution is -2.53. The van der Waals surface area contributed by atoms with Gasteiger partial charge in [-0.2, -0.15) is 0 Å². The zero-order valence-electron chi connectivity index (χ0n) is 10.9. The Morgan fingerprint density at radius 1 is 1.33 bits per heavy atom. The van der Waals surface area contributed by atoms with Gasteiger partial charge in [-0.05, 0) is 31.7 Å². The number of hydrogen-bond acceptors (Lipinski definition) is 3. The highest BCUT2D eigenvalue weighted by Crippen LogP contribution is 2.28. The number of carbonyl (C=O) groups excluding carboxylic acids is 1. The second-order valence-electron chi connectivity index (χ2n) is 5.47. The highest BCUT2D eigenvalue weighted by atomic mass is 16.4. The molecule has 18 heavy (non-hydrogen) atoms. The quantitative estimate of drug-likeness (QED) is 0.757. The summed E-state index contributed by atoms with van der Waals surface area (Å²) in [4.78, 5) is 24.6. The van der Waals surface area contributed by atoms with E-state index in [4.69, 9.17) is 5.11 Å². The van der Waals surface area contributed by atoms with Gasteiger partial charge >= 0.3 is 5.97 Å². The van der Waals surface area contributed by atoms with Crippen molar-refractivity contribution in [2.24, 2.45) is 11.8 Å². The minimum Gasteiger partial charge on any atom is -0.481 e. The maximum absolute atomic E-state index is 11.7. The largest absolute Gasteiger partial charge is 0.481 e. The molecule has 1 amide bonds. The molecule has 5 heteroatoms. The van der Waals surface area contributed by atoms with Crippen LogP contribution in [0, 0.1) is 11.8 Å². The fourth-order valence-corrected chi connectivity index (χ4v) is 2.51. The van der Waals surface area contributed by atoms with E-state index in [-0.39, 0.29) is 11.9 Å². The second-order valence-corrected chi connectivity index (χ2v) is 5.47. The first kappa shape index (κ1) is 13.3. The van der Waals surface area contributed by atoms with E-state index in [1.807, 2.05) is 6.92 Å². The SMILES string of the molecule is CCC(=O)N1CC(NCC2CC2)CC(C(=O)O)C1. The Bertz CT molecular complexity index is 328. The summed E-state index contributed by atoms with van der Waals surface area (Å²) in [6.45, 7) is 3.80. The minimum atomic E-state index is -0.790. The van der Waals surface area contributed by atoms with E-state index in [0.29, 0.717) is 25.9 Å². The molecular weight excluding hydrogens is 232 g/mol. The van der Waals surface area contributed by atoms with Crippen molar-refractivity contribution in [3.63, 3.8) is 0 Å². The number of hydrogen-bond donors (Lipinski definition) is 2. The van der Waals surface area contributed by atoms with E-state index in [1.165, 1.54) is 12.8 Å². The average Bonchev–Trinajstić information content (AvgIpc) is 3.19. The molecule has 2 fully saturated rings. The van der Waals surface area contributed by atoms with Crippen LogP contribution in [0.25, 0.3) is 0 Å². The van der Waals surface area contributed by atoms with E-state index in [2.05, 4.69) is 5.32 Å². The van der Waals surface area contributed by atoms with Crippen LogP contribution in [-0.2, 0) is 9.59 Å². The normalized spacial score (nSPS) is 28.2. The summed E-state index contributed by atoms with van der Waals surface area (Å²) in [5.74, 6) is -0.391. The highest BCUT2D eigenvalue weighted by Gasteiger charge is 2.33. The average molecular weight is 254 g/mol. The van der Waals surface area contributed by atoms with Crippen molar-refractivity contribution in [2.75, 3.05) is 19.6 Å². The zero-order valence-corrected chi connectivity index (χ0v) is 10.9. The second kappa shape index (κ2) is 5.69. The lowest BCUT2D eigenvalue weighted by molar-refractivity contribution is -0.146. The maximum atomic E-state index is 11.7. The van der Waals surface area contributed by atoms with Crippen LogP contribution in [0.15, 0.2) is 0 Å². The van der Waals surface area contributed by atoms with Crippen molar-refractivity contribution in [3.05, 3.63) is 0 Å². The van der Waals surface area contributed by atoms with Gasteiger partial charge in [-0.15, -0.1) is 0 Å². The van der Waals surface area contributed by atoms with Gasteiger partial charge in [0.15, 0.2) is 0 Å². The van der Waals surface area contributed by atoms with Crippen LogP contribution in [0.4, 0.5) is 0 Å². The topological polar surface area (TPSA) is 69.6 Å². The van der Waals surface area contributed by atoms with Crippen molar-refractivity contribution in [1.29, 1.82) is 0 Å². The molecule has 5 nitrogen and oxygen atoms in total. The minimum absolute atomic E-state index is 0.0548. The molecule has 0 aromatic carbocycles. The number of rotatable bonds is 5. The number of piperidine rings is 1. The zero-order chi connectivity index (χ0) is 13.1. The summed E-state index contributed by atoms with van der Waals surface area (Å²) in [7, 11) is 0. The smallest absolute Gasteiger partial charge is 0.308 e. The molecule has 1 heterocycles. The molecule has 1 saturated carbocycles.